The maximum absolute atomic E-state index is 12.6. The van der Waals surface area contributed by atoms with Crippen molar-refractivity contribution in [3.05, 3.63) is 23.8 Å². The quantitative estimate of drug-likeness (QED) is 0.849. The Labute approximate surface area is 159 Å². The zero-order valence-corrected chi connectivity index (χ0v) is 15.9. The summed E-state index contributed by atoms with van der Waals surface area (Å²) in [7, 11) is 0. The summed E-state index contributed by atoms with van der Waals surface area (Å²) in [6, 6.07) is 5.34. The van der Waals surface area contributed by atoms with E-state index in [0.29, 0.717) is 38.0 Å². The number of hydrogen-bond donors (Lipinski definition) is 2. The zero-order valence-electron chi connectivity index (χ0n) is 15.9. The lowest BCUT2D eigenvalue weighted by Crippen LogP contribution is -2.47. The molecule has 0 bridgehead atoms. The van der Waals surface area contributed by atoms with Crippen molar-refractivity contribution >= 4 is 29.3 Å². The molecule has 3 rings (SSSR count). The van der Waals surface area contributed by atoms with Crippen LogP contribution in [0.3, 0.4) is 0 Å². The first-order chi connectivity index (χ1) is 12.9. The van der Waals surface area contributed by atoms with E-state index in [0.717, 1.165) is 17.7 Å². The van der Waals surface area contributed by atoms with Gasteiger partial charge in [0.2, 0.25) is 5.91 Å². The van der Waals surface area contributed by atoms with Crippen LogP contribution in [0.25, 0.3) is 0 Å². The lowest BCUT2D eigenvalue weighted by Gasteiger charge is -2.34. The predicted molar refractivity (Wildman–Crippen MR) is 103 cm³/mol. The van der Waals surface area contributed by atoms with E-state index < -0.39 is 11.9 Å². The van der Waals surface area contributed by atoms with Gasteiger partial charge in [-0.2, -0.15) is 0 Å². The molecule has 7 heteroatoms. The van der Waals surface area contributed by atoms with Crippen molar-refractivity contribution in [2.75, 3.05) is 29.9 Å². The monoisotopic (exact) mass is 373 g/mol. The maximum Gasteiger partial charge on any atom is 0.321 e. The number of nitrogens with zero attached hydrogens (tertiary/aromatic N) is 2. The molecule has 2 heterocycles. The second-order valence-electron chi connectivity index (χ2n) is 7.60. The van der Waals surface area contributed by atoms with Crippen LogP contribution < -0.4 is 10.2 Å². The minimum Gasteiger partial charge on any atom is -0.481 e. The van der Waals surface area contributed by atoms with Gasteiger partial charge in [0, 0.05) is 37.4 Å². The van der Waals surface area contributed by atoms with Gasteiger partial charge in [-0.05, 0) is 48.9 Å². The first kappa shape index (κ1) is 19.2. The third kappa shape index (κ3) is 4.23. The van der Waals surface area contributed by atoms with Gasteiger partial charge in [0.15, 0.2) is 0 Å². The van der Waals surface area contributed by atoms with E-state index in [-0.39, 0.29) is 24.4 Å². The first-order valence-corrected chi connectivity index (χ1v) is 9.61. The lowest BCUT2D eigenvalue weighted by molar-refractivity contribution is -0.143. The van der Waals surface area contributed by atoms with Crippen molar-refractivity contribution in [2.24, 2.45) is 11.8 Å². The van der Waals surface area contributed by atoms with Gasteiger partial charge in [0.1, 0.15) is 0 Å². The molecule has 0 radical (unpaired) electrons. The molecule has 2 aliphatic heterocycles. The fourth-order valence-electron chi connectivity index (χ4n) is 4.01. The number of carbonyl (C=O) groups excluding carboxylic acids is 2. The lowest BCUT2D eigenvalue weighted by atomic mass is 9.91. The van der Waals surface area contributed by atoms with Crippen molar-refractivity contribution < 1.29 is 19.5 Å². The van der Waals surface area contributed by atoms with Crippen LogP contribution in [-0.4, -0.2) is 47.5 Å². The van der Waals surface area contributed by atoms with Crippen molar-refractivity contribution in [3.63, 3.8) is 0 Å². The van der Waals surface area contributed by atoms with Crippen LogP contribution in [0.15, 0.2) is 18.2 Å². The third-order valence-electron chi connectivity index (χ3n) is 5.27. The summed E-state index contributed by atoms with van der Waals surface area (Å²) in [5.74, 6) is -1.07. The number of nitrogens with one attached hydrogen (secondary N) is 1. The van der Waals surface area contributed by atoms with Crippen LogP contribution in [0.4, 0.5) is 16.2 Å². The molecular weight excluding hydrogens is 346 g/mol. The van der Waals surface area contributed by atoms with Crippen molar-refractivity contribution in [1.82, 2.24) is 4.90 Å². The Balaban J connectivity index is 1.72. The molecule has 1 saturated heterocycles. The molecule has 0 aliphatic carbocycles. The number of urea groups is 1. The van der Waals surface area contributed by atoms with Crippen LogP contribution >= 0.6 is 0 Å². The minimum atomic E-state index is -0.853. The van der Waals surface area contributed by atoms with E-state index in [2.05, 4.69) is 5.32 Å². The highest BCUT2D eigenvalue weighted by molar-refractivity contribution is 5.97. The van der Waals surface area contributed by atoms with E-state index in [4.69, 9.17) is 0 Å². The Morgan fingerprint density at radius 2 is 2.04 bits per heavy atom. The van der Waals surface area contributed by atoms with Crippen molar-refractivity contribution in [1.29, 1.82) is 0 Å². The second-order valence-corrected chi connectivity index (χ2v) is 7.60. The van der Waals surface area contributed by atoms with E-state index in [1.807, 2.05) is 30.9 Å². The molecule has 0 aromatic heterocycles. The van der Waals surface area contributed by atoms with Crippen LogP contribution in [-0.2, 0) is 16.0 Å². The highest BCUT2D eigenvalue weighted by atomic mass is 16.4. The molecule has 1 aromatic carbocycles. The fourth-order valence-corrected chi connectivity index (χ4v) is 4.01. The number of aliphatic carboxylic acids is 1. The Morgan fingerprint density at radius 3 is 2.74 bits per heavy atom. The summed E-state index contributed by atoms with van der Waals surface area (Å²) in [6.45, 7) is 5.49. The number of amides is 3. The van der Waals surface area contributed by atoms with Crippen LogP contribution in [0, 0.1) is 11.8 Å². The summed E-state index contributed by atoms with van der Waals surface area (Å²) >= 11 is 0. The normalized spacial score (nSPS) is 22.4. The molecule has 2 N–H and O–H groups in total. The highest BCUT2D eigenvalue weighted by Crippen LogP contribution is 2.31. The van der Waals surface area contributed by atoms with Gasteiger partial charge in [-0.3, -0.25) is 9.59 Å². The summed E-state index contributed by atoms with van der Waals surface area (Å²) in [6.07, 6.45) is 2.63. The largest absolute Gasteiger partial charge is 0.481 e. The molecule has 1 aromatic rings. The summed E-state index contributed by atoms with van der Waals surface area (Å²) in [4.78, 5) is 39.5. The zero-order chi connectivity index (χ0) is 19.6. The van der Waals surface area contributed by atoms with Gasteiger partial charge in [-0.1, -0.05) is 13.8 Å². The fraction of sp³-hybridized carbons (Fsp3) is 0.550. The number of piperidine rings is 1. The first-order valence-electron chi connectivity index (χ1n) is 9.61. The minimum absolute atomic E-state index is 0.142. The summed E-state index contributed by atoms with van der Waals surface area (Å²) < 4.78 is 0. The number of benzene rings is 1. The molecule has 2 atom stereocenters. The van der Waals surface area contributed by atoms with E-state index in [9.17, 15) is 19.5 Å². The maximum atomic E-state index is 12.6. The molecule has 27 heavy (non-hydrogen) atoms. The smallest absolute Gasteiger partial charge is 0.321 e. The number of carboxylic acid groups (broad SMARTS) is 1. The Morgan fingerprint density at radius 1 is 1.26 bits per heavy atom. The number of aryl methyl sites for hydroxylation is 1. The number of rotatable bonds is 4. The molecular formula is C20H27N3O4. The molecule has 0 spiro atoms. The average molecular weight is 373 g/mol. The number of carboxylic acids is 1. The molecule has 0 saturated carbocycles. The second kappa shape index (κ2) is 7.98. The highest BCUT2D eigenvalue weighted by Gasteiger charge is 2.32. The van der Waals surface area contributed by atoms with Crippen LogP contribution in [0.5, 0.6) is 0 Å². The number of carbonyl (C=O) groups is 3. The average Bonchev–Trinajstić information content (AvgIpc) is 2.63. The molecule has 146 valence electrons. The van der Waals surface area contributed by atoms with Gasteiger partial charge < -0.3 is 20.2 Å². The van der Waals surface area contributed by atoms with Crippen LogP contribution in [0.2, 0.25) is 0 Å². The predicted octanol–water partition coefficient (Wildman–Crippen LogP) is 2.95. The van der Waals surface area contributed by atoms with Crippen molar-refractivity contribution in [3.8, 4) is 0 Å². The Kier molecular flexibility index (Phi) is 5.68. The standard InChI is InChI=1S/C20H27N3O4/c1-3-8-23-17-6-5-16(10-14(17)4-7-18(23)24)21-20(27)22-11-13(2)9-15(12-22)19(25)26/h5-6,10,13,15H,3-4,7-9,11-12H2,1-2H3,(H,21,27)(H,25,26). The Bertz CT molecular complexity index is 749. The number of anilines is 2. The van der Waals surface area contributed by atoms with Gasteiger partial charge >= 0.3 is 12.0 Å². The van der Waals surface area contributed by atoms with E-state index in [1.54, 1.807) is 11.0 Å². The van der Waals surface area contributed by atoms with Crippen molar-refractivity contribution in [2.45, 2.75) is 39.5 Å². The molecule has 3 amide bonds. The number of likely N-dealkylation sites (tertiary alicyclic amines) is 1. The van der Waals surface area contributed by atoms with E-state index in [1.165, 1.54) is 0 Å². The van der Waals surface area contributed by atoms with Gasteiger partial charge in [0.25, 0.3) is 0 Å². The van der Waals surface area contributed by atoms with Gasteiger partial charge in [-0.25, -0.2) is 4.79 Å². The summed E-state index contributed by atoms with van der Waals surface area (Å²) in [5.41, 5.74) is 2.65. The van der Waals surface area contributed by atoms with Gasteiger partial charge in [-0.15, -0.1) is 0 Å². The SMILES string of the molecule is CCCN1C(=O)CCc2cc(NC(=O)N3CC(C)CC(C(=O)O)C3)ccc21. The summed E-state index contributed by atoms with van der Waals surface area (Å²) in [5, 5.41) is 12.2. The molecule has 2 unspecified atom stereocenters. The molecule has 1 fully saturated rings. The molecule has 7 nitrogen and oxygen atoms in total. The van der Waals surface area contributed by atoms with E-state index >= 15 is 0 Å². The number of fused-ring (bicyclic) bond motifs is 1. The number of hydrogen-bond acceptors (Lipinski definition) is 3. The van der Waals surface area contributed by atoms with Crippen LogP contribution in [0.1, 0.15) is 38.7 Å². The molecule has 2 aliphatic rings. The van der Waals surface area contributed by atoms with Gasteiger partial charge in [0.05, 0.1) is 5.92 Å². The third-order valence-corrected chi connectivity index (χ3v) is 5.27. The Hall–Kier alpha value is -2.57. The topological polar surface area (TPSA) is 90.0 Å².